The molecule has 0 saturated carbocycles. The first kappa shape index (κ1) is 16.7. The minimum absolute atomic E-state index is 0.0617. The molecule has 1 amide bonds. The molecular formula is C17H25N5O2. The van der Waals surface area contributed by atoms with Crippen LogP contribution in [0.25, 0.3) is 0 Å². The molecule has 24 heavy (non-hydrogen) atoms. The Hall–Kier alpha value is -2.12. The van der Waals surface area contributed by atoms with E-state index in [1.54, 1.807) is 7.11 Å². The Kier molecular flexibility index (Phi) is 5.32. The van der Waals surface area contributed by atoms with Crippen molar-refractivity contribution in [3.63, 3.8) is 0 Å². The molecule has 0 aliphatic carbocycles. The third-order valence-electron chi connectivity index (χ3n) is 4.53. The molecule has 0 atom stereocenters. The van der Waals surface area contributed by atoms with E-state index in [9.17, 15) is 4.79 Å². The summed E-state index contributed by atoms with van der Waals surface area (Å²) in [5.41, 5.74) is 1.72. The quantitative estimate of drug-likeness (QED) is 0.844. The van der Waals surface area contributed by atoms with Gasteiger partial charge in [-0.15, -0.1) is 0 Å². The molecule has 0 radical (unpaired) electrons. The fourth-order valence-corrected chi connectivity index (χ4v) is 3.08. The first-order chi connectivity index (χ1) is 11.7. The molecule has 3 rings (SSSR count). The standard InChI is InChI=1S/C17H25N5O2/c1-20-6-3-4-15(20)17(23)19-13-14-12-18-16-5-7-21(10-11-24-2)8-9-22(14)16/h3-4,6,12H,5,7-11,13H2,1-2H3,(H,19,23). The molecule has 1 N–H and O–H groups in total. The first-order valence-electron chi connectivity index (χ1n) is 8.33. The number of nitrogens with one attached hydrogen (secondary N) is 1. The molecule has 0 unspecified atom stereocenters. The molecule has 2 aromatic rings. The molecule has 0 spiro atoms. The Morgan fingerprint density at radius 2 is 2.25 bits per heavy atom. The predicted octanol–water partition coefficient (Wildman–Crippen LogP) is 0.656. The summed E-state index contributed by atoms with van der Waals surface area (Å²) in [6.07, 6.45) is 4.68. The molecule has 0 saturated heterocycles. The topological polar surface area (TPSA) is 64.3 Å². The SMILES string of the molecule is COCCN1CCc2ncc(CNC(=O)c3cccn3C)n2CC1. The summed E-state index contributed by atoms with van der Waals surface area (Å²) in [6.45, 7) is 5.06. The van der Waals surface area contributed by atoms with Crippen molar-refractivity contribution in [3.8, 4) is 0 Å². The maximum atomic E-state index is 12.2. The number of nitrogens with zero attached hydrogens (tertiary/aromatic N) is 4. The smallest absolute Gasteiger partial charge is 0.268 e. The number of carbonyl (C=O) groups is 1. The second-order valence-electron chi connectivity index (χ2n) is 6.09. The number of imidazole rings is 1. The first-order valence-corrected chi connectivity index (χ1v) is 8.33. The zero-order valence-corrected chi connectivity index (χ0v) is 14.4. The van der Waals surface area contributed by atoms with Gasteiger partial charge >= 0.3 is 0 Å². The van der Waals surface area contributed by atoms with Gasteiger partial charge in [0.05, 0.1) is 25.0 Å². The lowest BCUT2D eigenvalue weighted by Gasteiger charge is -2.18. The third kappa shape index (κ3) is 3.68. The van der Waals surface area contributed by atoms with Crippen LogP contribution in [-0.4, -0.2) is 58.3 Å². The van der Waals surface area contributed by atoms with E-state index in [0.29, 0.717) is 12.2 Å². The predicted molar refractivity (Wildman–Crippen MR) is 90.8 cm³/mol. The van der Waals surface area contributed by atoms with Gasteiger partial charge in [0.2, 0.25) is 0 Å². The minimum Gasteiger partial charge on any atom is -0.383 e. The molecular weight excluding hydrogens is 306 g/mol. The van der Waals surface area contributed by atoms with Crippen LogP contribution in [0.1, 0.15) is 22.0 Å². The van der Waals surface area contributed by atoms with Crippen LogP contribution >= 0.6 is 0 Å². The van der Waals surface area contributed by atoms with Crippen LogP contribution in [0.15, 0.2) is 24.5 Å². The highest BCUT2D eigenvalue weighted by molar-refractivity contribution is 5.92. The Morgan fingerprint density at radius 3 is 3.00 bits per heavy atom. The van der Waals surface area contributed by atoms with Crippen LogP contribution in [-0.2, 0) is 31.3 Å². The van der Waals surface area contributed by atoms with E-state index in [1.807, 2.05) is 36.1 Å². The number of methoxy groups -OCH3 is 1. The van der Waals surface area contributed by atoms with E-state index < -0.39 is 0 Å². The molecule has 2 aromatic heterocycles. The van der Waals surface area contributed by atoms with Crippen LogP contribution in [0.3, 0.4) is 0 Å². The van der Waals surface area contributed by atoms with Gasteiger partial charge in [0.15, 0.2) is 0 Å². The van der Waals surface area contributed by atoms with Crippen molar-refractivity contribution in [2.24, 2.45) is 7.05 Å². The summed E-state index contributed by atoms with van der Waals surface area (Å²) >= 11 is 0. The van der Waals surface area contributed by atoms with Gasteiger partial charge < -0.3 is 19.2 Å². The lowest BCUT2D eigenvalue weighted by molar-refractivity contribution is 0.0942. The van der Waals surface area contributed by atoms with Crippen LogP contribution < -0.4 is 5.32 Å². The number of aryl methyl sites for hydroxylation is 1. The number of rotatable bonds is 6. The molecule has 7 nitrogen and oxygen atoms in total. The van der Waals surface area contributed by atoms with Crippen LogP contribution in [0.4, 0.5) is 0 Å². The van der Waals surface area contributed by atoms with Gasteiger partial charge in [-0.3, -0.25) is 9.69 Å². The molecule has 1 aliphatic heterocycles. The average molecular weight is 331 g/mol. The Balaban J connectivity index is 1.60. The number of hydrogen-bond donors (Lipinski definition) is 1. The number of amides is 1. The van der Waals surface area contributed by atoms with E-state index in [0.717, 1.165) is 50.7 Å². The van der Waals surface area contributed by atoms with Gasteiger partial charge in [-0.1, -0.05) is 0 Å². The number of carbonyl (C=O) groups excluding carboxylic acids is 1. The molecule has 130 valence electrons. The average Bonchev–Trinajstić information content (AvgIpc) is 3.12. The minimum atomic E-state index is -0.0617. The summed E-state index contributed by atoms with van der Waals surface area (Å²) in [5, 5.41) is 2.99. The van der Waals surface area contributed by atoms with Crippen molar-refractivity contribution >= 4 is 5.91 Å². The van der Waals surface area contributed by atoms with Crippen LogP contribution in [0, 0.1) is 0 Å². The van der Waals surface area contributed by atoms with Crippen molar-refractivity contribution in [1.82, 2.24) is 24.3 Å². The molecule has 0 aromatic carbocycles. The van der Waals surface area contributed by atoms with Crippen LogP contribution in [0.2, 0.25) is 0 Å². The van der Waals surface area contributed by atoms with Gasteiger partial charge in [0.1, 0.15) is 11.5 Å². The molecule has 3 heterocycles. The summed E-state index contributed by atoms with van der Waals surface area (Å²) in [6, 6.07) is 3.69. The molecule has 1 aliphatic rings. The summed E-state index contributed by atoms with van der Waals surface area (Å²) < 4.78 is 9.22. The highest BCUT2D eigenvalue weighted by Crippen LogP contribution is 2.12. The van der Waals surface area contributed by atoms with Crippen molar-refractivity contribution in [3.05, 3.63) is 41.7 Å². The molecule has 7 heteroatoms. The van der Waals surface area contributed by atoms with Gasteiger partial charge in [0.25, 0.3) is 5.91 Å². The largest absolute Gasteiger partial charge is 0.383 e. The fourth-order valence-electron chi connectivity index (χ4n) is 3.08. The highest BCUT2D eigenvalue weighted by Gasteiger charge is 2.18. The second kappa shape index (κ2) is 7.63. The van der Waals surface area contributed by atoms with E-state index in [4.69, 9.17) is 4.74 Å². The van der Waals surface area contributed by atoms with E-state index in [1.165, 1.54) is 0 Å². The van der Waals surface area contributed by atoms with Crippen LogP contribution in [0.5, 0.6) is 0 Å². The van der Waals surface area contributed by atoms with Gasteiger partial charge in [-0.2, -0.15) is 0 Å². The number of hydrogen-bond acceptors (Lipinski definition) is 4. The monoisotopic (exact) mass is 331 g/mol. The highest BCUT2D eigenvalue weighted by atomic mass is 16.5. The van der Waals surface area contributed by atoms with Crippen molar-refractivity contribution in [1.29, 1.82) is 0 Å². The maximum absolute atomic E-state index is 12.2. The zero-order valence-electron chi connectivity index (χ0n) is 14.4. The van der Waals surface area contributed by atoms with Crippen molar-refractivity contribution in [2.75, 3.05) is 33.4 Å². The summed E-state index contributed by atoms with van der Waals surface area (Å²) in [5.74, 6) is 1.03. The summed E-state index contributed by atoms with van der Waals surface area (Å²) in [4.78, 5) is 19.2. The second-order valence-corrected chi connectivity index (χ2v) is 6.09. The summed E-state index contributed by atoms with van der Waals surface area (Å²) in [7, 11) is 3.60. The van der Waals surface area contributed by atoms with Crippen molar-refractivity contribution < 1.29 is 9.53 Å². The Labute approximate surface area is 142 Å². The molecule has 0 fully saturated rings. The number of aromatic nitrogens is 3. The molecule has 0 bridgehead atoms. The maximum Gasteiger partial charge on any atom is 0.268 e. The third-order valence-corrected chi connectivity index (χ3v) is 4.53. The van der Waals surface area contributed by atoms with Crippen molar-refractivity contribution in [2.45, 2.75) is 19.5 Å². The number of fused-ring (bicyclic) bond motifs is 1. The lowest BCUT2D eigenvalue weighted by atomic mass is 10.3. The zero-order chi connectivity index (χ0) is 16.9. The Bertz CT molecular complexity index is 691. The normalized spacial score (nSPS) is 15.1. The van der Waals surface area contributed by atoms with E-state index in [2.05, 4.69) is 19.8 Å². The van der Waals surface area contributed by atoms with Gasteiger partial charge in [-0.25, -0.2) is 4.98 Å². The van der Waals surface area contributed by atoms with E-state index >= 15 is 0 Å². The number of ether oxygens (including phenoxy) is 1. The van der Waals surface area contributed by atoms with Gasteiger partial charge in [-0.05, 0) is 12.1 Å². The Morgan fingerprint density at radius 1 is 1.38 bits per heavy atom. The fraction of sp³-hybridized carbons (Fsp3) is 0.529. The van der Waals surface area contributed by atoms with Gasteiger partial charge in [0, 0.05) is 53.0 Å². The lowest BCUT2D eigenvalue weighted by Crippen LogP contribution is -2.30. The van der Waals surface area contributed by atoms with E-state index in [-0.39, 0.29) is 5.91 Å².